The fourth-order valence-corrected chi connectivity index (χ4v) is 2.72. The van der Waals surface area contributed by atoms with Crippen molar-refractivity contribution in [3.05, 3.63) is 84.1 Å². The fourth-order valence-electron chi connectivity index (χ4n) is 2.72. The number of nitrogens with zero attached hydrogens (tertiary/aromatic N) is 4. The number of H-pyrrole nitrogens is 1. The molecule has 0 bridgehead atoms. The largest absolute Gasteiger partial charge is 0.343 e. The van der Waals surface area contributed by atoms with Gasteiger partial charge in [0.15, 0.2) is 5.82 Å². The van der Waals surface area contributed by atoms with Gasteiger partial charge in [-0.25, -0.2) is 9.67 Å². The number of benzene rings is 1. The van der Waals surface area contributed by atoms with Gasteiger partial charge in [0.25, 0.3) is 0 Å². The van der Waals surface area contributed by atoms with Gasteiger partial charge in [0, 0.05) is 24.8 Å². The highest BCUT2D eigenvalue weighted by molar-refractivity contribution is 5.50. The van der Waals surface area contributed by atoms with Gasteiger partial charge in [-0.15, -0.1) is 0 Å². The molecule has 118 valence electrons. The van der Waals surface area contributed by atoms with Gasteiger partial charge in [-0.2, -0.15) is 5.10 Å². The van der Waals surface area contributed by atoms with Gasteiger partial charge < -0.3 is 4.98 Å². The molecule has 0 aliphatic carbocycles. The predicted molar refractivity (Wildman–Crippen MR) is 92.9 cm³/mol. The molecule has 0 aliphatic heterocycles. The van der Waals surface area contributed by atoms with Crippen molar-refractivity contribution in [2.24, 2.45) is 0 Å². The van der Waals surface area contributed by atoms with Crippen molar-refractivity contribution in [1.29, 1.82) is 0 Å². The Morgan fingerprint density at radius 3 is 2.71 bits per heavy atom. The quantitative estimate of drug-likeness (QED) is 0.626. The van der Waals surface area contributed by atoms with Gasteiger partial charge in [-0.1, -0.05) is 12.1 Å². The Kier molecular flexibility index (Phi) is 3.67. The Bertz CT molecular complexity index is 953. The van der Waals surface area contributed by atoms with Crippen molar-refractivity contribution in [3.8, 4) is 17.2 Å². The van der Waals surface area contributed by atoms with Crippen LogP contribution in [0.2, 0.25) is 0 Å². The lowest BCUT2D eigenvalue weighted by Gasteiger charge is -2.07. The molecule has 5 heteroatoms. The van der Waals surface area contributed by atoms with E-state index in [-0.39, 0.29) is 0 Å². The van der Waals surface area contributed by atoms with Crippen LogP contribution < -0.4 is 0 Å². The maximum absolute atomic E-state index is 4.47. The number of imidazole rings is 1. The second kappa shape index (κ2) is 6.12. The number of hydrogen-bond acceptors (Lipinski definition) is 3. The van der Waals surface area contributed by atoms with E-state index < -0.39 is 0 Å². The molecule has 1 N–H and O–H groups in total. The fraction of sp³-hybridized carbons (Fsp3) is 0.105. The first-order valence-corrected chi connectivity index (χ1v) is 7.84. The van der Waals surface area contributed by atoms with Crippen molar-refractivity contribution < 1.29 is 0 Å². The van der Waals surface area contributed by atoms with Crippen molar-refractivity contribution in [2.75, 3.05) is 0 Å². The van der Waals surface area contributed by atoms with E-state index in [2.05, 4.69) is 50.4 Å². The Morgan fingerprint density at radius 2 is 1.92 bits per heavy atom. The predicted octanol–water partition coefficient (Wildman–Crippen LogP) is 3.56. The number of hydrogen-bond donors (Lipinski definition) is 1. The van der Waals surface area contributed by atoms with E-state index in [1.54, 1.807) is 12.4 Å². The van der Waals surface area contributed by atoms with Gasteiger partial charge >= 0.3 is 0 Å². The molecule has 5 nitrogen and oxygen atoms in total. The molecule has 0 amide bonds. The van der Waals surface area contributed by atoms with Crippen LogP contribution in [0.4, 0.5) is 0 Å². The number of rotatable bonds is 4. The molecule has 3 aromatic heterocycles. The van der Waals surface area contributed by atoms with E-state index >= 15 is 0 Å². The first kappa shape index (κ1) is 14.4. The summed E-state index contributed by atoms with van der Waals surface area (Å²) in [6, 6.07) is 14.5. The Hall–Kier alpha value is -3.21. The van der Waals surface area contributed by atoms with Crippen LogP contribution in [0.15, 0.2) is 67.3 Å². The summed E-state index contributed by atoms with van der Waals surface area (Å²) in [5.74, 6) is 0.789. The summed E-state index contributed by atoms with van der Waals surface area (Å²) in [7, 11) is 0. The van der Waals surface area contributed by atoms with Crippen LogP contribution in [0.25, 0.3) is 17.2 Å². The molecule has 0 atom stereocenters. The van der Waals surface area contributed by atoms with Crippen molar-refractivity contribution in [2.45, 2.75) is 13.3 Å². The number of aromatic amines is 1. The highest BCUT2D eigenvalue weighted by Crippen LogP contribution is 2.17. The van der Waals surface area contributed by atoms with Crippen molar-refractivity contribution in [3.63, 3.8) is 0 Å². The summed E-state index contributed by atoms with van der Waals surface area (Å²) in [5, 5.41) is 4.47. The maximum Gasteiger partial charge on any atom is 0.155 e. The molecular formula is C19H17N5. The van der Waals surface area contributed by atoms with E-state index in [1.165, 1.54) is 11.1 Å². The Labute approximate surface area is 140 Å². The minimum Gasteiger partial charge on any atom is -0.343 e. The third kappa shape index (κ3) is 2.96. The van der Waals surface area contributed by atoms with Gasteiger partial charge in [-0.05, 0) is 54.8 Å². The van der Waals surface area contributed by atoms with E-state index in [0.29, 0.717) is 0 Å². The first-order valence-electron chi connectivity index (χ1n) is 7.84. The summed E-state index contributed by atoms with van der Waals surface area (Å²) >= 11 is 0. The SMILES string of the molecule is Cc1ccn(-c2cccc(Cc3ccnc(-c4ncc[nH]4)c3)c2)n1. The second-order valence-corrected chi connectivity index (χ2v) is 5.74. The summed E-state index contributed by atoms with van der Waals surface area (Å²) in [6.45, 7) is 1.99. The van der Waals surface area contributed by atoms with Gasteiger partial charge in [0.1, 0.15) is 5.69 Å². The summed E-state index contributed by atoms with van der Waals surface area (Å²) in [5.41, 5.74) is 5.37. The lowest BCUT2D eigenvalue weighted by atomic mass is 10.0. The van der Waals surface area contributed by atoms with Crippen LogP contribution in [-0.2, 0) is 6.42 Å². The monoisotopic (exact) mass is 315 g/mol. The highest BCUT2D eigenvalue weighted by Gasteiger charge is 2.05. The minimum absolute atomic E-state index is 0.789. The zero-order valence-corrected chi connectivity index (χ0v) is 13.3. The third-order valence-electron chi connectivity index (χ3n) is 3.87. The second-order valence-electron chi connectivity index (χ2n) is 5.74. The molecule has 0 unspecified atom stereocenters. The average molecular weight is 315 g/mol. The molecule has 0 spiro atoms. The van der Waals surface area contributed by atoms with E-state index in [9.17, 15) is 0 Å². The summed E-state index contributed by atoms with van der Waals surface area (Å²) in [6.07, 6.45) is 8.19. The molecule has 0 aliphatic rings. The molecule has 1 aromatic carbocycles. The summed E-state index contributed by atoms with van der Waals surface area (Å²) in [4.78, 5) is 11.7. The standard InChI is InChI=1S/C19H17N5/c1-14-6-10-24(23-14)17-4-2-3-15(12-17)11-16-5-7-20-18(13-16)19-21-8-9-22-19/h2-10,12-13H,11H2,1H3,(H,21,22). The van der Waals surface area contributed by atoms with Gasteiger partial charge in [-0.3, -0.25) is 4.98 Å². The van der Waals surface area contributed by atoms with E-state index in [1.807, 2.05) is 36.1 Å². The van der Waals surface area contributed by atoms with Crippen LogP contribution in [0.5, 0.6) is 0 Å². The van der Waals surface area contributed by atoms with Crippen LogP contribution >= 0.6 is 0 Å². The molecule has 0 fully saturated rings. The average Bonchev–Trinajstić information content (AvgIpc) is 3.27. The van der Waals surface area contributed by atoms with Crippen LogP contribution in [0, 0.1) is 6.92 Å². The number of nitrogens with one attached hydrogen (secondary N) is 1. The zero-order valence-electron chi connectivity index (χ0n) is 13.3. The molecule has 24 heavy (non-hydrogen) atoms. The Morgan fingerprint density at radius 1 is 1.00 bits per heavy atom. The summed E-state index contributed by atoms with van der Waals surface area (Å²) < 4.78 is 1.90. The minimum atomic E-state index is 0.789. The van der Waals surface area contributed by atoms with Crippen molar-refractivity contribution in [1.82, 2.24) is 24.7 Å². The van der Waals surface area contributed by atoms with Crippen LogP contribution in [0.3, 0.4) is 0 Å². The lowest BCUT2D eigenvalue weighted by Crippen LogP contribution is -1.97. The molecule has 0 saturated carbocycles. The number of aromatic nitrogens is 5. The topological polar surface area (TPSA) is 59.4 Å². The molecule has 0 saturated heterocycles. The molecule has 0 radical (unpaired) electrons. The smallest absolute Gasteiger partial charge is 0.155 e. The zero-order chi connectivity index (χ0) is 16.4. The van der Waals surface area contributed by atoms with Crippen LogP contribution in [0.1, 0.15) is 16.8 Å². The number of aryl methyl sites for hydroxylation is 1. The van der Waals surface area contributed by atoms with Gasteiger partial charge in [0.2, 0.25) is 0 Å². The molecular weight excluding hydrogens is 298 g/mol. The maximum atomic E-state index is 4.47. The molecule has 4 rings (SSSR count). The normalized spacial score (nSPS) is 10.9. The third-order valence-corrected chi connectivity index (χ3v) is 3.87. The van der Waals surface area contributed by atoms with Crippen molar-refractivity contribution >= 4 is 0 Å². The van der Waals surface area contributed by atoms with Crippen LogP contribution in [-0.4, -0.2) is 24.7 Å². The van der Waals surface area contributed by atoms with Gasteiger partial charge in [0.05, 0.1) is 11.4 Å². The lowest BCUT2D eigenvalue weighted by molar-refractivity contribution is 0.860. The van der Waals surface area contributed by atoms with E-state index in [4.69, 9.17) is 0 Å². The molecule has 4 aromatic rings. The van der Waals surface area contributed by atoms with E-state index in [0.717, 1.165) is 29.3 Å². The Balaban J connectivity index is 1.61. The first-order chi connectivity index (χ1) is 11.8. The molecule has 3 heterocycles. The highest BCUT2D eigenvalue weighted by atomic mass is 15.3. The number of pyridine rings is 1.